The van der Waals surface area contributed by atoms with E-state index in [0.717, 1.165) is 0 Å². The predicted octanol–water partition coefficient (Wildman–Crippen LogP) is 4.10. The summed E-state index contributed by atoms with van der Waals surface area (Å²) in [4.78, 5) is 13.0. The third-order valence-electron chi connectivity index (χ3n) is 3.54. The molecule has 0 N–H and O–H groups in total. The predicted molar refractivity (Wildman–Crippen MR) is 78.6 cm³/mol. The first kappa shape index (κ1) is 21.2. The van der Waals surface area contributed by atoms with E-state index in [0.29, 0.717) is 19.5 Å². The van der Waals surface area contributed by atoms with Gasteiger partial charge in [-0.05, 0) is 20.3 Å². The average Bonchev–Trinajstić information content (AvgIpc) is 2.50. The van der Waals surface area contributed by atoms with Crippen LogP contribution in [0, 0.1) is 0 Å². The van der Waals surface area contributed by atoms with Gasteiger partial charge in [-0.3, -0.25) is 0 Å². The van der Waals surface area contributed by atoms with Crippen LogP contribution in [0.4, 0.5) is 32.3 Å². The monoisotopic (exact) mass is 374 g/mol. The fourth-order valence-corrected chi connectivity index (χ4v) is 1.89. The second-order valence-corrected chi connectivity index (χ2v) is 5.34. The molecular weight excluding hydrogens is 354 g/mol. The number of aromatic nitrogens is 3. The van der Waals surface area contributed by atoms with Gasteiger partial charge in [0.05, 0.1) is 0 Å². The molecule has 0 fully saturated rings. The van der Waals surface area contributed by atoms with E-state index in [4.69, 9.17) is 0 Å². The number of alkyl halides is 6. The van der Waals surface area contributed by atoms with Crippen molar-refractivity contribution in [2.24, 2.45) is 0 Å². The maximum absolute atomic E-state index is 12.7. The molecular formula is C14H20F6N4O. The van der Waals surface area contributed by atoms with Crippen LogP contribution in [-0.4, -0.2) is 46.5 Å². The van der Waals surface area contributed by atoms with E-state index >= 15 is 0 Å². The quantitative estimate of drug-likeness (QED) is 0.673. The van der Waals surface area contributed by atoms with Crippen molar-refractivity contribution in [2.45, 2.75) is 58.5 Å². The number of hydrogen-bond donors (Lipinski definition) is 0. The highest BCUT2D eigenvalue weighted by Crippen LogP contribution is 2.36. The van der Waals surface area contributed by atoms with Gasteiger partial charge < -0.3 is 9.64 Å². The Morgan fingerprint density at radius 1 is 0.920 bits per heavy atom. The Morgan fingerprint density at radius 3 is 1.84 bits per heavy atom. The number of ether oxygens (including phenoxy) is 1. The van der Waals surface area contributed by atoms with E-state index in [9.17, 15) is 26.3 Å². The van der Waals surface area contributed by atoms with E-state index in [1.165, 1.54) is 0 Å². The van der Waals surface area contributed by atoms with Crippen LogP contribution in [0.2, 0.25) is 0 Å². The first-order chi connectivity index (χ1) is 11.4. The molecule has 11 heteroatoms. The summed E-state index contributed by atoms with van der Waals surface area (Å²) in [6, 6.07) is -0.994. The average molecular weight is 374 g/mol. The molecule has 0 aliphatic heterocycles. The molecule has 1 aromatic heterocycles. The minimum atomic E-state index is -5.64. The van der Waals surface area contributed by atoms with Crippen LogP contribution in [0.5, 0.6) is 6.01 Å². The van der Waals surface area contributed by atoms with Gasteiger partial charge in [-0.15, -0.1) is 0 Å². The van der Waals surface area contributed by atoms with Crippen LogP contribution in [0.3, 0.4) is 0 Å². The van der Waals surface area contributed by atoms with Crippen LogP contribution in [0.25, 0.3) is 0 Å². The van der Waals surface area contributed by atoms with Crippen molar-refractivity contribution >= 4 is 5.95 Å². The van der Waals surface area contributed by atoms with Crippen molar-refractivity contribution in [1.29, 1.82) is 0 Å². The second-order valence-electron chi connectivity index (χ2n) is 5.34. The molecule has 0 bridgehead atoms. The third kappa shape index (κ3) is 5.60. The van der Waals surface area contributed by atoms with Gasteiger partial charge in [-0.1, -0.05) is 13.8 Å². The standard InChI is InChI=1S/C14H20F6N4O/c1-5-8(4)9-21-11(24(6-2)7-3)23-12(22-9)25-10(13(15,16)17)14(18,19)20/h8,10H,5-7H2,1-4H3. The molecule has 0 radical (unpaired) electrons. The van der Waals surface area contributed by atoms with Crippen LogP contribution < -0.4 is 9.64 Å². The fourth-order valence-electron chi connectivity index (χ4n) is 1.89. The number of halogens is 6. The molecule has 0 saturated carbocycles. The molecule has 25 heavy (non-hydrogen) atoms. The van der Waals surface area contributed by atoms with Gasteiger partial charge in [-0.2, -0.15) is 41.3 Å². The van der Waals surface area contributed by atoms with Gasteiger partial charge in [0, 0.05) is 19.0 Å². The molecule has 0 spiro atoms. The molecule has 0 amide bonds. The maximum atomic E-state index is 12.7. The maximum Gasteiger partial charge on any atom is 0.434 e. The Hall–Kier alpha value is -1.81. The summed E-state index contributed by atoms with van der Waals surface area (Å²) in [5.41, 5.74) is 0. The van der Waals surface area contributed by atoms with Crippen molar-refractivity contribution in [2.75, 3.05) is 18.0 Å². The normalized spacial score (nSPS) is 13.9. The van der Waals surface area contributed by atoms with Gasteiger partial charge in [0.15, 0.2) is 0 Å². The Morgan fingerprint density at radius 2 is 1.44 bits per heavy atom. The summed E-state index contributed by atoms with van der Waals surface area (Å²) in [5.74, 6) is -0.221. The molecule has 144 valence electrons. The summed E-state index contributed by atoms with van der Waals surface area (Å²) < 4.78 is 80.3. The highest BCUT2D eigenvalue weighted by atomic mass is 19.4. The van der Waals surface area contributed by atoms with E-state index < -0.39 is 24.5 Å². The van der Waals surface area contributed by atoms with E-state index in [-0.39, 0.29) is 17.7 Å². The number of rotatable bonds is 7. The lowest BCUT2D eigenvalue weighted by Crippen LogP contribution is -2.47. The summed E-state index contributed by atoms with van der Waals surface area (Å²) >= 11 is 0. The minimum absolute atomic E-state index is 0.0200. The lowest BCUT2D eigenvalue weighted by molar-refractivity contribution is -0.301. The Bertz CT molecular complexity index is 545. The molecule has 1 atom stereocenters. The van der Waals surface area contributed by atoms with Gasteiger partial charge in [0.1, 0.15) is 5.82 Å². The zero-order valence-corrected chi connectivity index (χ0v) is 14.2. The summed E-state index contributed by atoms with van der Waals surface area (Å²) in [6.45, 7) is 7.84. The third-order valence-corrected chi connectivity index (χ3v) is 3.54. The minimum Gasteiger partial charge on any atom is -0.440 e. The van der Waals surface area contributed by atoms with Crippen molar-refractivity contribution in [3.63, 3.8) is 0 Å². The highest BCUT2D eigenvalue weighted by Gasteiger charge is 2.59. The molecule has 0 saturated heterocycles. The van der Waals surface area contributed by atoms with E-state index in [1.807, 2.05) is 0 Å². The molecule has 1 heterocycles. The lowest BCUT2D eigenvalue weighted by atomic mass is 10.1. The number of hydrogen-bond acceptors (Lipinski definition) is 5. The van der Waals surface area contributed by atoms with Gasteiger partial charge in [-0.25, -0.2) is 0 Å². The number of nitrogens with zero attached hydrogens (tertiary/aromatic N) is 4. The molecule has 5 nitrogen and oxygen atoms in total. The van der Waals surface area contributed by atoms with Crippen LogP contribution in [-0.2, 0) is 0 Å². The molecule has 1 rings (SSSR count). The van der Waals surface area contributed by atoms with Gasteiger partial charge in [0.25, 0.3) is 6.10 Å². The van der Waals surface area contributed by atoms with Crippen LogP contribution in [0.1, 0.15) is 45.9 Å². The van der Waals surface area contributed by atoms with E-state index in [1.54, 1.807) is 32.6 Å². The van der Waals surface area contributed by atoms with Crippen molar-refractivity contribution in [3.05, 3.63) is 5.82 Å². The molecule has 1 unspecified atom stereocenters. The molecule has 0 aliphatic carbocycles. The summed E-state index contributed by atoms with van der Waals surface area (Å²) in [7, 11) is 0. The Balaban J connectivity index is 3.35. The van der Waals surface area contributed by atoms with Crippen molar-refractivity contribution < 1.29 is 31.1 Å². The van der Waals surface area contributed by atoms with Gasteiger partial charge in [0.2, 0.25) is 5.95 Å². The topological polar surface area (TPSA) is 51.1 Å². The van der Waals surface area contributed by atoms with Gasteiger partial charge >= 0.3 is 18.4 Å². The zero-order valence-electron chi connectivity index (χ0n) is 14.2. The van der Waals surface area contributed by atoms with Crippen LogP contribution >= 0.6 is 0 Å². The van der Waals surface area contributed by atoms with Crippen molar-refractivity contribution in [3.8, 4) is 6.01 Å². The first-order valence-electron chi connectivity index (χ1n) is 7.74. The molecule has 0 aliphatic rings. The SMILES string of the molecule is CCC(C)c1nc(OC(C(F)(F)F)C(F)(F)F)nc(N(CC)CC)n1. The van der Waals surface area contributed by atoms with Crippen LogP contribution in [0.15, 0.2) is 0 Å². The largest absolute Gasteiger partial charge is 0.440 e. The second kappa shape index (κ2) is 8.05. The Labute approximate surface area is 141 Å². The summed E-state index contributed by atoms with van der Waals surface area (Å²) in [5, 5.41) is 0. The molecule has 1 aromatic rings. The Kier molecular flexibility index (Phi) is 6.83. The fraction of sp³-hybridized carbons (Fsp3) is 0.786. The highest BCUT2D eigenvalue weighted by molar-refractivity contribution is 5.31. The number of anilines is 1. The van der Waals surface area contributed by atoms with Crippen molar-refractivity contribution in [1.82, 2.24) is 15.0 Å². The van der Waals surface area contributed by atoms with E-state index in [2.05, 4.69) is 19.7 Å². The molecule has 0 aromatic carbocycles. The summed E-state index contributed by atoms with van der Waals surface area (Å²) in [6.07, 6.45) is -14.7. The lowest BCUT2D eigenvalue weighted by Gasteiger charge is -2.24. The zero-order chi connectivity index (χ0) is 19.4. The smallest absolute Gasteiger partial charge is 0.434 e. The first-order valence-corrected chi connectivity index (χ1v) is 7.74.